The largest absolute Gasteiger partial charge is 0.496 e. The van der Waals surface area contributed by atoms with Gasteiger partial charge in [-0.3, -0.25) is 4.79 Å². The smallest absolute Gasteiger partial charge is 0.349 e. The topological polar surface area (TPSA) is 52.6 Å². The van der Waals surface area contributed by atoms with Crippen LogP contribution in [0.15, 0.2) is 48.5 Å². The summed E-state index contributed by atoms with van der Waals surface area (Å²) < 4.78 is 11.4. The van der Waals surface area contributed by atoms with E-state index in [4.69, 9.17) is 9.47 Å². The fourth-order valence-corrected chi connectivity index (χ4v) is 3.62. The molecule has 0 fully saturated rings. The van der Waals surface area contributed by atoms with E-state index in [0.717, 1.165) is 15.6 Å². The van der Waals surface area contributed by atoms with Crippen LogP contribution in [0.5, 0.6) is 5.75 Å². The first-order valence-electron chi connectivity index (χ1n) is 7.43. The third-order valence-corrected chi connectivity index (χ3v) is 5.02. The molecule has 0 saturated carbocycles. The van der Waals surface area contributed by atoms with E-state index in [1.807, 2.05) is 31.2 Å². The first-order valence-corrected chi connectivity index (χ1v) is 8.25. The molecule has 0 aliphatic carbocycles. The second-order valence-corrected chi connectivity index (χ2v) is 6.30. The number of aryl methyl sites for hydroxylation is 1. The number of hydrogen-bond donors (Lipinski definition) is 0. The Morgan fingerprint density at radius 2 is 1.75 bits per heavy atom. The summed E-state index contributed by atoms with van der Waals surface area (Å²) in [6.45, 7) is 1.57. The highest BCUT2D eigenvalue weighted by molar-refractivity contribution is 7.21. The van der Waals surface area contributed by atoms with Crippen LogP contribution < -0.4 is 4.74 Å². The van der Waals surface area contributed by atoms with Gasteiger partial charge in [0.05, 0.1) is 12.7 Å². The number of methoxy groups -OCH3 is 1. The van der Waals surface area contributed by atoms with Crippen molar-refractivity contribution >= 4 is 33.2 Å². The highest BCUT2D eigenvalue weighted by Crippen LogP contribution is 2.31. The number of ether oxygens (including phenoxy) is 2. The second-order valence-electron chi connectivity index (χ2n) is 5.25. The van der Waals surface area contributed by atoms with E-state index in [9.17, 15) is 9.59 Å². The summed E-state index contributed by atoms with van der Waals surface area (Å²) in [6, 6.07) is 14.7. The zero-order chi connectivity index (χ0) is 17.1. The number of rotatable bonds is 5. The van der Waals surface area contributed by atoms with Crippen LogP contribution in [-0.4, -0.2) is 25.5 Å². The number of Topliss-reactive ketones (excluding diaryl/α,β-unsaturated/α-hetero) is 1. The van der Waals surface area contributed by atoms with Gasteiger partial charge in [-0.1, -0.05) is 30.3 Å². The van der Waals surface area contributed by atoms with Gasteiger partial charge in [0.25, 0.3) is 0 Å². The normalized spacial score (nSPS) is 10.6. The summed E-state index contributed by atoms with van der Waals surface area (Å²) in [4.78, 5) is 25.1. The Bertz CT molecular complexity index is 911. The third kappa shape index (κ3) is 3.03. The Morgan fingerprint density at radius 1 is 1.04 bits per heavy atom. The lowest BCUT2D eigenvalue weighted by atomic mass is 10.1. The molecule has 0 aliphatic heterocycles. The maximum Gasteiger partial charge on any atom is 0.349 e. The monoisotopic (exact) mass is 340 g/mol. The van der Waals surface area contributed by atoms with Crippen LogP contribution in [0.4, 0.5) is 0 Å². The molecule has 0 radical (unpaired) electrons. The molecule has 0 N–H and O–H groups in total. The quantitative estimate of drug-likeness (QED) is 0.514. The van der Waals surface area contributed by atoms with Gasteiger partial charge < -0.3 is 9.47 Å². The van der Waals surface area contributed by atoms with E-state index in [2.05, 4.69) is 0 Å². The lowest BCUT2D eigenvalue weighted by molar-refractivity contribution is 0.0478. The van der Waals surface area contributed by atoms with Crippen LogP contribution in [-0.2, 0) is 4.74 Å². The molecular formula is C19H16O4S. The fourth-order valence-electron chi connectivity index (χ4n) is 2.52. The van der Waals surface area contributed by atoms with Gasteiger partial charge in [-0.2, -0.15) is 0 Å². The van der Waals surface area contributed by atoms with Gasteiger partial charge in [0.15, 0.2) is 6.61 Å². The minimum Gasteiger partial charge on any atom is -0.496 e. The SMILES string of the molecule is COc1ccccc1C(=O)COC(=O)c1sc2ccccc2c1C. The Kier molecular flexibility index (Phi) is 4.62. The fraction of sp³-hybridized carbons (Fsp3) is 0.158. The van der Waals surface area contributed by atoms with Gasteiger partial charge in [-0.25, -0.2) is 4.79 Å². The minimum atomic E-state index is -0.475. The number of fused-ring (bicyclic) bond motifs is 1. The van der Waals surface area contributed by atoms with Crippen LogP contribution in [0.25, 0.3) is 10.1 Å². The highest BCUT2D eigenvalue weighted by atomic mass is 32.1. The molecule has 0 atom stereocenters. The van der Waals surface area contributed by atoms with E-state index in [-0.39, 0.29) is 12.4 Å². The average Bonchev–Trinajstić information content (AvgIpc) is 2.96. The molecule has 0 amide bonds. The Hall–Kier alpha value is -2.66. The van der Waals surface area contributed by atoms with Crippen LogP contribution in [0.1, 0.15) is 25.6 Å². The van der Waals surface area contributed by atoms with Crippen molar-refractivity contribution in [3.05, 3.63) is 64.5 Å². The van der Waals surface area contributed by atoms with Crippen LogP contribution in [0.2, 0.25) is 0 Å². The van der Waals surface area contributed by atoms with Crippen molar-refractivity contribution in [2.45, 2.75) is 6.92 Å². The second kappa shape index (κ2) is 6.84. The van der Waals surface area contributed by atoms with Crippen molar-refractivity contribution in [2.24, 2.45) is 0 Å². The molecule has 5 heteroatoms. The molecule has 0 bridgehead atoms. The van der Waals surface area contributed by atoms with Crippen molar-refractivity contribution < 1.29 is 19.1 Å². The number of carbonyl (C=O) groups is 2. The molecule has 0 unspecified atom stereocenters. The average molecular weight is 340 g/mol. The van der Waals surface area contributed by atoms with Gasteiger partial charge >= 0.3 is 5.97 Å². The molecule has 3 aromatic rings. The van der Waals surface area contributed by atoms with Gasteiger partial charge in [-0.15, -0.1) is 11.3 Å². The molecule has 122 valence electrons. The summed E-state index contributed by atoms with van der Waals surface area (Å²) in [7, 11) is 1.50. The van der Waals surface area contributed by atoms with E-state index in [1.54, 1.807) is 24.3 Å². The zero-order valence-corrected chi connectivity index (χ0v) is 14.2. The maximum absolute atomic E-state index is 12.3. The molecule has 1 aromatic heterocycles. The molecule has 24 heavy (non-hydrogen) atoms. The van der Waals surface area contributed by atoms with Gasteiger partial charge in [0, 0.05) is 4.70 Å². The summed E-state index contributed by atoms with van der Waals surface area (Å²) in [5.74, 6) is -0.298. The van der Waals surface area contributed by atoms with Crippen molar-refractivity contribution in [3.63, 3.8) is 0 Å². The summed E-state index contributed by atoms with van der Waals surface area (Å²) in [5.41, 5.74) is 1.28. The van der Waals surface area contributed by atoms with Crippen molar-refractivity contribution in [2.75, 3.05) is 13.7 Å². The summed E-state index contributed by atoms with van der Waals surface area (Å²) in [5, 5.41) is 1.03. The lowest BCUT2D eigenvalue weighted by Crippen LogP contribution is -2.14. The van der Waals surface area contributed by atoms with E-state index >= 15 is 0 Å². The van der Waals surface area contributed by atoms with Crippen LogP contribution >= 0.6 is 11.3 Å². The minimum absolute atomic E-state index is 0.292. The van der Waals surface area contributed by atoms with Gasteiger partial charge in [-0.05, 0) is 36.1 Å². The Labute approximate surface area is 143 Å². The van der Waals surface area contributed by atoms with Gasteiger partial charge in [0.2, 0.25) is 5.78 Å². The molecule has 0 saturated heterocycles. The number of benzene rings is 2. The number of esters is 1. The Morgan fingerprint density at radius 3 is 2.50 bits per heavy atom. The van der Waals surface area contributed by atoms with E-state index in [1.165, 1.54) is 18.4 Å². The molecule has 0 aliphatic rings. The number of ketones is 1. The number of carbonyl (C=O) groups excluding carboxylic acids is 2. The summed E-state index contributed by atoms with van der Waals surface area (Å²) in [6.07, 6.45) is 0. The van der Waals surface area contributed by atoms with Crippen molar-refractivity contribution in [1.29, 1.82) is 0 Å². The molecule has 3 rings (SSSR count). The van der Waals surface area contributed by atoms with E-state index < -0.39 is 5.97 Å². The number of thiophene rings is 1. The zero-order valence-electron chi connectivity index (χ0n) is 13.4. The lowest BCUT2D eigenvalue weighted by Gasteiger charge is -2.07. The molecule has 0 spiro atoms. The van der Waals surface area contributed by atoms with Crippen LogP contribution in [0, 0.1) is 6.92 Å². The first-order chi connectivity index (χ1) is 11.6. The van der Waals surface area contributed by atoms with Crippen LogP contribution in [0.3, 0.4) is 0 Å². The predicted octanol–water partition coefficient (Wildman–Crippen LogP) is 4.26. The highest BCUT2D eigenvalue weighted by Gasteiger charge is 2.19. The maximum atomic E-state index is 12.3. The number of hydrogen-bond acceptors (Lipinski definition) is 5. The molecule has 2 aromatic carbocycles. The molecule has 4 nitrogen and oxygen atoms in total. The van der Waals surface area contributed by atoms with E-state index in [0.29, 0.717) is 16.2 Å². The third-order valence-electron chi connectivity index (χ3n) is 3.77. The standard InChI is InChI=1S/C19H16O4S/c1-12-13-7-4-6-10-17(13)24-18(12)19(21)23-11-15(20)14-8-3-5-9-16(14)22-2/h3-10H,11H2,1-2H3. The molecular weight excluding hydrogens is 324 g/mol. The van der Waals surface area contributed by atoms with Crippen molar-refractivity contribution in [1.82, 2.24) is 0 Å². The Balaban J connectivity index is 1.75. The molecule has 1 heterocycles. The predicted molar refractivity (Wildman–Crippen MR) is 94.2 cm³/mol. The first kappa shape index (κ1) is 16.2. The van der Waals surface area contributed by atoms with Gasteiger partial charge in [0.1, 0.15) is 10.6 Å². The van der Waals surface area contributed by atoms with Crippen molar-refractivity contribution in [3.8, 4) is 5.75 Å². The number of para-hydroxylation sites is 1. The summed E-state index contributed by atoms with van der Waals surface area (Å²) >= 11 is 1.38.